The first-order chi connectivity index (χ1) is 14.4. The van der Waals surface area contributed by atoms with Crippen molar-refractivity contribution in [1.29, 1.82) is 0 Å². The lowest BCUT2D eigenvalue weighted by Crippen LogP contribution is -2.51. The van der Waals surface area contributed by atoms with Crippen molar-refractivity contribution in [2.45, 2.75) is 42.2 Å². The molecule has 2 bridgehead atoms. The number of carbonyl (C=O) groups is 3. The van der Waals surface area contributed by atoms with Crippen LogP contribution in [0, 0.1) is 11.8 Å². The summed E-state index contributed by atoms with van der Waals surface area (Å²) in [6, 6.07) is 6.10. The van der Waals surface area contributed by atoms with Crippen LogP contribution < -0.4 is 5.32 Å². The van der Waals surface area contributed by atoms with Crippen molar-refractivity contribution in [3.05, 3.63) is 29.3 Å². The lowest BCUT2D eigenvalue weighted by atomic mass is 9.71. The fraction of sp³-hybridized carbons (Fsp3) is 0.571. The molecule has 3 aliphatic heterocycles. The maximum atomic E-state index is 13.4. The van der Waals surface area contributed by atoms with Gasteiger partial charge in [0.1, 0.15) is 6.04 Å². The first-order valence-electron chi connectivity index (χ1n) is 10.2. The fourth-order valence-electron chi connectivity index (χ4n) is 5.19. The Morgan fingerprint density at radius 2 is 2.10 bits per heavy atom. The van der Waals surface area contributed by atoms with Gasteiger partial charge in [-0.15, -0.1) is 11.8 Å². The van der Waals surface area contributed by atoms with Crippen LogP contribution in [0.4, 0.5) is 5.69 Å². The standard InChI is InChI=1S/C21H25ClN2O5S/c1-2-29-20(28)15-14-8-9-21(30-14)16(15)19(27)24(10-3-11-25)17(21)18(26)23-13-6-4-12(22)5-7-13/h4-7,14-17,25H,2-3,8-11H2,1H3,(H,23,26)/t14-,15+,16-,17?,21?/m0/s1. The van der Waals surface area contributed by atoms with E-state index in [1.807, 2.05) is 0 Å². The topological polar surface area (TPSA) is 95.9 Å². The van der Waals surface area contributed by atoms with Crippen molar-refractivity contribution < 1.29 is 24.2 Å². The number of ether oxygens (including phenoxy) is 1. The fourth-order valence-corrected chi connectivity index (χ4v) is 7.52. The number of rotatable bonds is 7. The van der Waals surface area contributed by atoms with Crippen molar-refractivity contribution >= 4 is 46.8 Å². The third-order valence-electron chi connectivity index (χ3n) is 6.28. The monoisotopic (exact) mass is 452 g/mol. The van der Waals surface area contributed by atoms with Gasteiger partial charge >= 0.3 is 5.97 Å². The van der Waals surface area contributed by atoms with Gasteiger partial charge in [-0.3, -0.25) is 14.4 Å². The summed E-state index contributed by atoms with van der Waals surface area (Å²) in [6.45, 7) is 2.20. The molecule has 1 aromatic carbocycles. The number of nitrogens with one attached hydrogen (secondary N) is 1. The number of hydrogen-bond donors (Lipinski definition) is 2. The number of nitrogens with zero attached hydrogens (tertiary/aromatic N) is 1. The summed E-state index contributed by atoms with van der Waals surface area (Å²) in [4.78, 5) is 41.1. The zero-order valence-corrected chi connectivity index (χ0v) is 18.2. The lowest BCUT2D eigenvalue weighted by Gasteiger charge is -2.34. The molecule has 2 unspecified atom stereocenters. The summed E-state index contributed by atoms with van der Waals surface area (Å²) >= 11 is 7.53. The number of anilines is 1. The molecular weight excluding hydrogens is 428 g/mol. The summed E-state index contributed by atoms with van der Waals surface area (Å²) in [6.07, 6.45) is 1.84. The summed E-state index contributed by atoms with van der Waals surface area (Å²) in [5.41, 5.74) is 0.596. The van der Waals surface area contributed by atoms with Gasteiger partial charge in [-0.25, -0.2) is 0 Å². The lowest BCUT2D eigenvalue weighted by molar-refractivity contribution is -0.153. The van der Waals surface area contributed by atoms with Crippen LogP contribution in [0.15, 0.2) is 24.3 Å². The predicted octanol–water partition coefficient (Wildman–Crippen LogP) is 2.32. The second-order valence-electron chi connectivity index (χ2n) is 7.91. The number of esters is 1. The van der Waals surface area contributed by atoms with Gasteiger partial charge in [-0.05, 0) is 50.5 Å². The van der Waals surface area contributed by atoms with Crippen LogP contribution in [0.5, 0.6) is 0 Å². The minimum atomic E-state index is -0.702. The molecule has 9 heteroatoms. The van der Waals surface area contributed by atoms with Gasteiger partial charge in [-0.2, -0.15) is 0 Å². The van der Waals surface area contributed by atoms with Gasteiger partial charge in [0, 0.05) is 29.1 Å². The zero-order valence-electron chi connectivity index (χ0n) is 16.7. The second kappa shape index (κ2) is 8.40. The largest absolute Gasteiger partial charge is 0.466 e. The van der Waals surface area contributed by atoms with Crippen LogP contribution in [-0.4, -0.2) is 63.6 Å². The molecule has 0 radical (unpaired) electrons. The molecule has 2 N–H and O–H groups in total. The number of thioether (sulfide) groups is 1. The SMILES string of the molecule is CCOC(=O)[C@@H]1[C@@H]2CCC3(S2)C(C(=O)Nc2ccc(Cl)cc2)N(CCCO)C(=O)[C@H]13. The number of likely N-dealkylation sites (tertiary alicyclic amines) is 1. The third kappa shape index (κ3) is 3.39. The molecule has 4 rings (SSSR count). The maximum absolute atomic E-state index is 13.4. The molecule has 0 aromatic heterocycles. The van der Waals surface area contributed by atoms with Gasteiger partial charge in [0.25, 0.3) is 0 Å². The van der Waals surface area contributed by atoms with Crippen LogP contribution in [0.2, 0.25) is 5.02 Å². The van der Waals surface area contributed by atoms with E-state index < -0.39 is 22.6 Å². The molecule has 7 nitrogen and oxygen atoms in total. The van der Waals surface area contributed by atoms with Crippen LogP contribution in [0.3, 0.4) is 0 Å². The van der Waals surface area contributed by atoms with E-state index in [-0.39, 0.29) is 42.8 Å². The van der Waals surface area contributed by atoms with Crippen molar-refractivity contribution in [3.8, 4) is 0 Å². The minimum absolute atomic E-state index is 0.0103. The molecule has 3 fully saturated rings. The van der Waals surface area contributed by atoms with Crippen molar-refractivity contribution in [2.24, 2.45) is 11.8 Å². The molecule has 3 aliphatic rings. The van der Waals surface area contributed by atoms with Gasteiger partial charge in [0.15, 0.2) is 0 Å². The molecule has 162 valence electrons. The van der Waals surface area contributed by atoms with Crippen molar-refractivity contribution in [1.82, 2.24) is 4.90 Å². The van der Waals surface area contributed by atoms with E-state index in [0.29, 0.717) is 23.6 Å². The Balaban J connectivity index is 1.66. The highest BCUT2D eigenvalue weighted by atomic mass is 35.5. The van der Waals surface area contributed by atoms with Crippen LogP contribution in [0.25, 0.3) is 0 Å². The number of amides is 2. The Morgan fingerprint density at radius 3 is 2.77 bits per heavy atom. The molecule has 5 atom stereocenters. The Kier molecular flexibility index (Phi) is 6.01. The molecule has 0 aliphatic carbocycles. The zero-order chi connectivity index (χ0) is 21.5. The quantitative estimate of drug-likeness (QED) is 0.616. The van der Waals surface area contributed by atoms with Gasteiger partial charge in [0.2, 0.25) is 11.8 Å². The van der Waals surface area contributed by atoms with E-state index >= 15 is 0 Å². The number of carbonyl (C=O) groups excluding carboxylic acids is 3. The first kappa shape index (κ1) is 21.5. The van der Waals surface area contributed by atoms with E-state index in [9.17, 15) is 19.5 Å². The van der Waals surface area contributed by atoms with Crippen LogP contribution in [0.1, 0.15) is 26.2 Å². The summed E-state index contributed by atoms with van der Waals surface area (Å²) in [5, 5.41) is 12.8. The number of fused-ring (bicyclic) bond motifs is 1. The molecule has 30 heavy (non-hydrogen) atoms. The first-order valence-corrected chi connectivity index (χ1v) is 11.5. The summed E-state index contributed by atoms with van der Waals surface area (Å²) < 4.78 is 4.63. The Morgan fingerprint density at radius 1 is 1.37 bits per heavy atom. The molecule has 2 amide bonds. The predicted molar refractivity (Wildman–Crippen MR) is 114 cm³/mol. The van der Waals surface area contributed by atoms with E-state index in [0.717, 1.165) is 6.42 Å². The molecular formula is C21H25ClN2O5S. The normalized spacial score (nSPS) is 31.7. The molecule has 3 heterocycles. The maximum Gasteiger partial charge on any atom is 0.310 e. The molecule has 3 saturated heterocycles. The Bertz CT molecular complexity index is 850. The number of aliphatic hydroxyl groups excluding tert-OH is 1. The average molecular weight is 453 g/mol. The molecule has 1 spiro atoms. The smallest absolute Gasteiger partial charge is 0.310 e. The van der Waals surface area contributed by atoms with Crippen molar-refractivity contribution in [2.75, 3.05) is 25.1 Å². The van der Waals surface area contributed by atoms with Crippen LogP contribution >= 0.6 is 23.4 Å². The van der Waals surface area contributed by atoms with Gasteiger partial charge in [0.05, 0.1) is 23.2 Å². The second-order valence-corrected chi connectivity index (χ2v) is 9.95. The summed E-state index contributed by atoms with van der Waals surface area (Å²) in [7, 11) is 0. The number of halogens is 1. The van der Waals surface area contributed by atoms with E-state index in [1.165, 1.54) is 0 Å². The van der Waals surface area contributed by atoms with E-state index in [1.54, 1.807) is 47.9 Å². The van der Waals surface area contributed by atoms with Gasteiger partial charge in [-0.1, -0.05) is 11.6 Å². The van der Waals surface area contributed by atoms with E-state index in [4.69, 9.17) is 16.3 Å². The average Bonchev–Trinajstić information content (AvgIpc) is 3.35. The minimum Gasteiger partial charge on any atom is -0.466 e. The highest BCUT2D eigenvalue weighted by molar-refractivity contribution is 8.02. The summed E-state index contributed by atoms with van der Waals surface area (Å²) in [5.74, 6) is -1.91. The van der Waals surface area contributed by atoms with Crippen LogP contribution in [-0.2, 0) is 19.1 Å². The van der Waals surface area contributed by atoms with Crippen molar-refractivity contribution in [3.63, 3.8) is 0 Å². The Labute approximate surface area is 184 Å². The molecule has 0 saturated carbocycles. The highest BCUT2D eigenvalue weighted by Gasteiger charge is 2.73. The third-order valence-corrected chi connectivity index (χ3v) is 8.48. The molecule has 1 aromatic rings. The highest BCUT2D eigenvalue weighted by Crippen LogP contribution is 2.66. The number of aliphatic hydroxyl groups is 1. The van der Waals surface area contributed by atoms with E-state index in [2.05, 4.69) is 5.32 Å². The number of benzene rings is 1. The Hall–Kier alpha value is -1.77. The van der Waals surface area contributed by atoms with Gasteiger partial charge < -0.3 is 20.1 Å². The number of hydrogen-bond acceptors (Lipinski definition) is 6.